The number of fused-ring (bicyclic) bond motifs is 4. The summed E-state index contributed by atoms with van der Waals surface area (Å²) in [7, 11) is 0. The molecule has 0 radical (unpaired) electrons. The zero-order chi connectivity index (χ0) is 12.7. The molecular formula is C12H15N5OS. The lowest BCUT2D eigenvalue weighted by molar-refractivity contribution is 0.249. The van der Waals surface area contributed by atoms with Gasteiger partial charge in [-0.05, 0) is 24.4 Å². The van der Waals surface area contributed by atoms with Gasteiger partial charge in [-0.15, -0.1) is 5.10 Å². The highest BCUT2D eigenvalue weighted by Gasteiger charge is 2.31. The second kappa shape index (κ2) is 4.57. The Labute approximate surface area is 115 Å². The van der Waals surface area contributed by atoms with Crippen LogP contribution in [0.4, 0.5) is 6.01 Å². The van der Waals surface area contributed by atoms with E-state index in [0.717, 1.165) is 18.7 Å². The minimum absolute atomic E-state index is 0.549. The summed E-state index contributed by atoms with van der Waals surface area (Å²) in [5.74, 6) is 0.572. The summed E-state index contributed by atoms with van der Waals surface area (Å²) in [6, 6.07) is 1.21. The molecule has 0 N–H and O–H groups in total. The minimum Gasteiger partial charge on any atom is -0.403 e. The number of hydrogen-bond acceptors (Lipinski definition) is 7. The molecule has 2 bridgehead atoms. The van der Waals surface area contributed by atoms with Crippen LogP contribution in [0.15, 0.2) is 16.0 Å². The van der Waals surface area contributed by atoms with Crippen molar-refractivity contribution < 1.29 is 4.42 Å². The smallest absolute Gasteiger partial charge is 0.318 e. The Morgan fingerprint density at radius 3 is 2.84 bits per heavy atom. The molecule has 5 rings (SSSR count). The fourth-order valence-electron chi connectivity index (χ4n) is 2.90. The number of anilines is 1. The van der Waals surface area contributed by atoms with Crippen LogP contribution >= 0.6 is 11.5 Å². The number of rotatable bonds is 2. The number of nitrogens with zero attached hydrogens (tertiary/aromatic N) is 5. The molecule has 19 heavy (non-hydrogen) atoms. The third-order valence-corrected chi connectivity index (χ3v) is 4.58. The lowest BCUT2D eigenvalue weighted by Crippen LogP contribution is -2.38. The first-order valence-corrected chi connectivity index (χ1v) is 7.46. The maximum absolute atomic E-state index is 5.83. The third-order valence-electron chi connectivity index (χ3n) is 3.99. The molecule has 0 aliphatic carbocycles. The van der Waals surface area contributed by atoms with Crippen molar-refractivity contribution in [1.29, 1.82) is 0 Å². The second-order valence-corrected chi connectivity index (χ2v) is 5.73. The molecule has 5 heterocycles. The van der Waals surface area contributed by atoms with E-state index in [1.807, 2.05) is 5.38 Å². The van der Waals surface area contributed by atoms with Gasteiger partial charge in [-0.1, -0.05) is 5.10 Å². The summed E-state index contributed by atoms with van der Waals surface area (Å²) < 4.78 is 9.89. The van der Waals surface area contributed by atoms with Crippen molar-refractivity contribution in [3.8, 4) is 11.5 Å². The molecule has 0 aromatic carbocycles. The van der Waals surface area contributed by atoms with Gasteiger partial charge in [0.15, 0.2) is 0 Å². The van der Waals surface area contributed by atoms with Crippen molar-refractivity contribution in [3.63, 3.8) is 0 Å². The third kappa shape index (κ3) is 2.02. The summed E-state index contributed by atoms with van der Waals surface area (Å²) in [6.07, 6.45) is 4.15. The van der Waals surface area contributed by atoms with Gasteiger partial charge in [-0.3, -0.25) is 0 Å². The van der Waals surface area contributed by atoms with Crippen molar-refractivity contribution in [2.75, 3.05) is 31.1 Å². The molecule has 0 saturated carbocycles. The molecule has 0 atom stereocenters. The highest BCUT2D eigenvalue weighted by atomic mass is 32.1. The van der Waals surface area contributed by atoms with Gasteiger partial charge in [-0.25, -0.2) is 4.37 Å². The largest absolute Gasteiger partial charge is 0.403 e. The van der Waals surface area contributed by atoms with Crippen LogP contribution in [0, 0.1) is 0 Å². The fourth-order valence-corrected chi connectivity index (χ4v) is 3.41. The van der Waals surface area contributed by atoms with E-state index in [0.29, 0.717) is 17.9 Å². The molecule has 0 unspecified atom stereocenters. The maximum Gasteiger partial charge on any atom is 0.318 e. The van der Waals surface area contributed by atoms with E-state index >= 15 is 0 Å². The van der Waals surface area contributed by atoms with Crippen LogP contribution in [0.3, 0.4) is 0 Å². The molecule has 3 aliphatic rings. The summed E-state index contributed by atoms with van der Waals surface area (Å²) >= 11 is 1.40. The Morgan fingerprint density at radius 1 is 1.16 bits per heavy atom. The molecule has 100 valence electrons. The number of aromatic nitrogens is 3. The monoisotopic (exact) mass is 277 g/mol. The Morgan fingerprint density at radius 2 is 2.05 bits per heavy atom. The zero-order valence-corrected chi connectivity index (χ0v) is 11.3. The standard InChI is InChI=1S/C12H15N5OS/c1-3-16-4-2-10(1)17(6-5-16)12-15-14-11(18-12)9-7-13-19-8-9/h7-8,10H,1-6H2. The van der Waals surface area contributed by atoms with Crippen LogP contribution in [0.2, 0.25) is 0 Å². The molecule has 0 spiro atoms. The Balaban J connectivity index is 1.62. The van der Waals surface area contributed by atoms with Crippen molar-refractivity contribution >= 4 is 17.5 Å². The van der Waals surface area contributed by atoms with Gasteiger partial charge in [0, 0.05) is 37.6 Å². The van der Waals surface area contributed by atoms with Crippen LogP contribution in [0.1, 0.15) is 12.8 Å². The van der Waals surface area contributed by atoms with Crippen molar-refractivity contribution in [2.45, 2.75) is 18.9 Å². The Hall–Kier alpha value is -1.47. The first-order chi connectivity index (χ1) is 9.40. The summed E-state index contributed by atoms with van der Waals surface area (Å²) in [5, 5.41) is 10.3. The predicted octanol–water partition coefficient (Wildman–Crippen LogP) is 1.48. The SMILES string of the molecule is c1nscc1-c1nnc(N2CCN3CCC2CC3)o1. The molecule has 3 saturated heterocycles. The van der Waals surface area contributed by atoms with Crippen LogP contribution in [-0.2, 0) is 0 Å². The topological polar surface area (TPSA) is 58.3 Å². The van der Waals surface area contributed by atoms with Gasteiger partial charge < -0.3 is 14.2 Å². The Kier molecular flexibility index (Phi) is 2.73. The predicted molar refractivity (Wildman–Crippen MR) is 72.2 cm³/mol. The zero-order valence-electron chi connectivity index (χ0n) is 10.5. The minimum atomic E-state index is 0.549. The number of piperidine rings is 1. The average Bonchev–Trinajstić information content (AvgIpc) is 3.05. The van der Waals surface area contributed by atoms with Gasteiger partial charge >= 0.3 is 6.01 Å². The molecule has 2 aromatic heterocycles. The normalized spacial score (nSPS) is 26.6. The first kappa shape index (κ1) is 11.4. The van der Waals surface area contributed by atoms with Gasteiger partial charge in [0.05, 0.1) is 11.8 Å². The van der Waals surface area contributed by atoms with Crippen molar-refractivity contribution in [3.05, 3.63) is 11.6 Å². The lowest BCUT2D eigenvalue weighted by atomic mass is 10.1. The van der Waals surface area contributed by atoms with Crippen molar-refractivity contribution in [2.24, 2.45) is 0 Å². The number of hydrogen-bond donors (Lipinski definition) is 0. The molecule has 0 amide bonds. The van der Waals surface area contributed by atoms with E-state index in [-0.39, 0.29) is 0 Å². The van der Waals surface area contributed by atoms with Gasteiger partial charge in [0.25, 0.3) is 5.89 Å². The molecule has 3 aliphatic heterocycles. The summed E-state index contributed by atoms with van der Waals surface area (Å²) in [5.41, 5.74) is 0.909. The Bertz CT molecular complexity index is 546. The molecule has 3 fully saturated rings. The van der Waals surface area contributed by atoms with Crippen LogP contribution in [-0.4, -0.2) is 51.7 Å². The van der Waals surface area contributed by atoms with Crippen LogP contribution in [0.5, 0.6) is 0 Å². The van der Waals surface area contributed by atoms with Crippen LogP contribution in [0.25, 0.3) is 11.5 Å². The average molecular weight is 277 g/mol. The van der Waals surface area contributed by atoms with Crippen LogP contribution < -0.4 is 4.90 Å². The summed E-state index contributed by atoms with van der Waals surface area (Å²) in [4.78, 5) is 4.79. The highest BCUT2D eigenvalue weighted by Crippen LogP contribution is 2.28. The quantitative estimate of drug-likeness (QED) is 0.828. The lowest BCUT2D eigenvalue weighted by Gasteiger charge is -2.29. The first-order valence-electron chi connectivity index (χ1n) is 6.62. The molecule has 6 nitrogen and oxygen atoms in total. The van der Waals surface area contributed by atoms with Crippen molar-refractivity contribution in [1.82, 2.24) is 19.5 Å². The molecule has 2 aromatic rings. The van der Waals surface area contributed by atoms with E-state index in [4.69, 9.17) is 4.42 Å². The van der Waals surface area contributed by atoms with Gasteiger partial charge in [0.1, 0.15) is 0 Å². The van der Waals surface area contributed by atoms with E-state index in [1.165, 1.54) is 37.5 Å². The van der Waals surface area contributed by atoms with E-state index in [9.17, 15) is 0 Å². The fraction of sp³-hybridized carbons (Fsp3) is 0.583. The van der Waals surface area contributed by atoms with Gasteiger partial charge in [-0.2, -0.15) is 0 Å². The van der Waals surface area contributed by atoms with E-state index in [1.54, 1.807) is 6.20 Å². The summed E-state index contributed by atoms with van der Waals surface area (Å²) in [6.45, 7) is 4.45. The maximum atomic E-state index is 5.83. The molecule has 7 heteroatoms. The second-order valence-electron chi connectivity index (χ2n) is 5.07. The van der Waals surface area contributed by atoms with Gasteiger partial charge in [0.2, 0.25) is 0 Å². The molecular weight excluding hydrogens is 262 g/mol. The van der Waals surface area contributed by atoms with E-state index < -0.39 is 0 Å². The highest BCUT2D eigenvalue weighted by molar-refractivity contribution is 7.03. The van der Waals surface area contributed by atoms with E-state index in [2.05, 4.69) is 24.4 Å².